The average Bonchev–Trinajstić information content (AvgIpc) is 3.32. The van der Waals surface area contributed by atoms with E-state index in [4.69, 9.17) is 4.74 Å². The van der Waals surface area contributed by atoms with Crippen LogP contribution in [0.1, 0.15) is 46.6 Å². The van der Waals surface area contributed by atoms with Crippen LogP contribution in [0.25, 0.3) is 10.6 Å². The van der Waals surface area contributed by atoms with Crippen LogP contribution in [0.4, 0.5) is 11.4 Å². The van der Waals surface area contributed by atoms with Crippen molar-refractivity contribution in [2.24, 2.45) is 0 Å². The van der Waals surface area contributed by atoms with Crippen molar-refractivity contribution in [1.29, 1.82) is 0 Å². The highest BCUT2D eigenvalue weighted by molar-refractivity contribution is 7.13. The molecule has 1 N–H and O–H groups in total. The van der Waals surface area contributed by atoms with Crippen molar-refractivity contribution in [2.45, 2.75) is 36.1 Å². The lowest BCUT2D eigenvalue weighted by Crippen LogP contribution is -2.44. The van der Waals surface area contributed by atoms with Crippen molar-refractivity contribution >= 4 is 28.6 Å². The number of thiazole rings is 1. The number of anilines is 2. The molecule has 2 aromatic heterocycles. The Bertz CT molecular complexity index is 986. The Kier molecular flexibility index (Phi) is 13.7. The van der Waals surface area contributed by atoms with Crippen molar-refractivity contribution in [3.05, 3.63) is 53.8 Å². The Hall–Kier alpha value is -2.97. The van der Waals surface area contributed by atoms with Gasteiger partial charge in [0.2, 0.25) is 0 Å². The first-order valence-corrected chi connectivity index (χ1v) is 11.3. The van der Waals surface area contributed by atoms with E-state index in [0.717, 1.165) is 42.4 Å². The highest BCUT2D eigenvalue weighted by Gasteiger charge is 2.18. The summed E-state index contributed by atoms with van der Waals surface area (Å²) in [4.78, 5) is 25.9. The van der Waals surface area contributed by atoms with Crippen LogP contribution in [0.2, 0.25) is 0 Å². The summed E-state index contributed by atoms with van der Waals surface area (Å²) in [6.45, 7) is 8.01. The van der Waals surface area contributed by atoms with Crippen LogP contribution < -0.4 is 15.0 Å². The molecule has 0 spiro atoms. The molecule has 1 fully saturated rings. The number of benzene rings is 1. The summed E-state index contributed by atoms with van der Waals surface area (Å²) >= 11 is 1.42. The molecule has 0 unspecified atom stereocenters. The molecule has 34 heavy (non-hydrogen) atoms. The molecule has 8 heteroatoms. The number of amides is 1. The maximum Gasteiger partial charge on any atom is 0.275 e. The smallest absolute Gasteiger partial charge is 0.275 e. The molecule has 0 radical (unpaired) electrons. The summed E-state index contributed by atoms with van der Waals surface area (Å²) in [5, 5.41) is 5.43. The summed E-state index contributed by atoms with van der Waals surface area (Å²) in [7, 11) is 3.75. The predicted octanol–water partition coefficient (Wildman–Crippen LogP) is 6.15. The number of aromatic nitrogens is 2. The molecule has 1 amide bonds. The molecule has 0 atom stereocenters. The Balaban J connectivity index is 0.00000212. The van der Waals surface area contributed by atoms with E-state index in [-0.39, 0.29) is 28.2 Å². The fourth-order valence-electron chi connectivity index (χ4n) is 3.23. The molecular weight excluding hydrogens is 446 g/mol. The van der Waals surface area contributed by atoms with Crippen LogP contribution in [-0.2, 0) is 0 Å². The fourth-order valence-corrected chi connectivity index (χ4v) is 4.02. The van der Waals surface area contributed by atoms with E-state index >= 15 is 0 Å². The van der Waals surface area contributed by atoms with Gasteiger partial charge in [0.05, 0.1) is 12.8 Å². The van der Waals surface area contributed by atoms with Gasteiger partial charge in [-0.1, -0.05) is 36.1 Å². The first kappa shape index (κ1) is 31.0. The van der Waals surface area contributed by atoms with Crippen LogP contribution in [0.5, 0.6) is 5.75 Å². The van der Waals surface area contributed by atoms with E-state index < -0.39 is 0 Å². The van der Waals surface area contributed by atoms with Crippen LogP contribution in [0.15, 0.2) is 48.1 Å². The number of hydrogen-bond acceptors (Lipinski definition) is 7. The third-order valence-electron chi connectivity index (χ3n) is 4.95. The van der Waals surface area contributed by atoms with Crippen molar-refractivity contribution in [1.82, 2.24) is 14.9 Å². The number of piperazine rings is 1. The van der Waals surface area contributed by atoms with Gasteiger partial charge < -0.3 is 19.9 Å². The summed E-state index contributed by atoms with van der Waals surface area (Å²) in [5.41, 5.74) is 3.00. The van der Waals surface area contributed by atoms with E-state index in [1.807, 2.05) is 44.2 Å². The molecule has 7 nitrogen and oxygen atoms in total. The SMILES string of the molecule is C.C.C.CC.COc1cc(N2CCN(C)CC2)ccc1NC(=O)c1csc(-c2cccnc2)n1. The maximum atomic E-state index is 12.7. The van der Waals surface area contributed by atoms with E-state index in [1.165, 1.54) is 11.3 Å². The highest BCUT2D eigenvalue weighted by Crippen LogP contribution is 2.31. The minimum absolute atomic E-state index is 0. The van der Waals surface area contributed by atoms with Gasteiger partial charge in [-0.15, -0.1) is 11.3 Å². The number of hydrogen-bond donors (Lipinski definition) is 1. The quantitative estimate of drug-likeness (QED) is 0.465. The van der Waals surface area contributed by atoms with E-state index in [0.29, 0.717) is 17.1 Å². The lowest BCUT2D eigenvalue weighted by atomic mass is 10.2. The first-order chi connectivity index (χ1) is 15.1. The number of nitrogens with one attached hydrogen (secondary N) is 1. The molecular formula is C26H41N5O2S. The zero-order valence-electron chi connectivity index (χ0n) is 18.5. The zero-order chi connectivity index (χ0) is 22.2. The van der Waals surface area contributed by atoms with Gasteiger partial charge in [-0.25, -0.2) is 4.98 Å². The first-order valence-electron chi connectivity index (χ1n) is 10.4. The second-order valence-electron chi connectivity index (χ2n) is 6.91. The van der Waals surface area contributed by atoms with Gasteiger partial charge in [0, 0.05) is 61.3 Å². The van der Waals surface area contributed by atoms with Crippen LogP contribution in [0, 0.1) is 0 Å². The van der Waals surface area contributed by atoms with E-state index in [9.17, 15) is 4.79 Å². The van der Waals surface area contributed by atoms with Gasteiger partial charge in [0.15, 0.2) is 0 Å². The van der Waals surface area contributed by atoms with Gasteiger partial charge >= 0.3 is 0 Å². The lowest BCUT2D eigenvalue weighted by Gasteiger charge is -2.34. The zero-order valence-corrected chi connectivity index (χ0v) is 19.3. The third kappa shape index (κ3) is 7.53. The number of likely N-dealkylation sites (N-methyl/N-ethyl adjacent to an activating group) is 1. The van der Waals surface area contributed by atoms with Crippen molar-refractivity contribution in [2.75, 3.05) is 50.6 Å². The second-order valence-corrected chi connectivity index (χ2v) is 7.77. The molecule has 1 aliphatic rings. The summed E-state index contributed by atoms with van der Waals surface area (Å²) in [6, 6.07) is 9.66. The molecule has 1 aromatic carbocycles. The summed E-state index contributed by atoms with van der Waals surface area (Å²) in [6.07, 6.45) is 3.45. The van der Waals surface area contributed by atoms with Crippen LogP contribution in [-0.4, -0.2) is 61.1 Å². The van der Waals surface area contributed by atoms with Gasteiger partial charge in [-0.05, 0) is 31.3 Å². The molecule has 3 aromatic rings. The third-order valence-corrected chi connectivity index (χ3v) is 5.84. The second kappa shape index (κ2) is 15.0. The Morgan fingerprint density at radius 2 is 1.79 bits per heavy atom. The number of carbonyl (C=O) groups excluding carboxylic acids is 1. The number of pyridine rings is 1. The Morgan fingerprint density at radius 1 is 1.09 bits per heavy atom. The molecule has 1 saturated heterocycles. The fraction of sp³-hybridized carbons (Fsp3) is 0.423. The van der Waals surface area contributed by atoms with Crippen molar-refractivity contribution in [3.63, 3.8) is 0 Å². The monoisotopic (exact) mass is 487 g/mol. The number of methoxy groups -OCH3 is 1. The molecule has 3 heterocycles. The number of rotatable bonds is 5. The standard InChI is InChI=1S/C21H23N5O2S.C2H6.3CH4/c1-25-8-10-26(11-9-25)16-5-6-17(19(12-16)28-2)23-20(27)18-14-29-21(24-18)15-4-3-7-22-13-15;1-2;;;/h3-7,12-14H,8-11H2,1-2H3,(H,23,27);1-2H3;3*1H4. The Morgan fingerprint density at radius 3 is 2.41 bits per heavy atom. The minimum atomic E-state index is -0.262. The molecule has 188 valence electrons. The summed E-state index contributed by atoms with van der Waals surface area (Å²) < 4.78 is 5.53. The highest BCUT2D eigenvalue weighted by atomic mass is 32.1. The van der Waals surface area contributed by atoms with E-state index in [2.05, 4.69) is 32.1 Å². The van der Waals surface area contributed by atoms with Crippen LogP contribution >= 0.6 is 11.3 Å². The average molecular weight is 488 g/mol. The minimum Gasteiger partial charge on any atom is -0.494 e. The molecule has 0 saturated carbocycles. The van der Waals surface area contributed by atoms with Gasteiger partial charge in [0.25, 0.3) is 5.91 Å². The molecule has 0 bridgehead atoms. The van der Waals surface area contributed by atoms with Gasteiger partial charge in [-0.3, -0.25) is 9.78 Å². The maximum absolute atomic E-state index is 12.7. The topological polar surface area (TPSA) is 70.6 Å². The molecule has 4 rings (SSSR count). The van der Waals surface area contributed by atoms with Crippen LogP contribution in [0.3, 0.4) is 0 Å². The predicted molar refractivity (Wildman–Crippen MR) is 148 cm³/mol. The number of nitrogens with zero attached hydrogens (tertiary/aromatic N) is 4. The summed E-state index contributed by atoms with van der Waals surface area (Å²) in [5.74, 6) is 0.375. The largest absolute Gasteiger partial charge is 0.494 e. The van der Waals surface area contributed by atoms with Crippen molar-refractivity contribution in [3.8, 4) is 16.3 Å². The number of carbonyl (C=O) groups is 1. The van der Waals surface area contributed by atoms with Crippen molar-refractivity contribution < 1.29 is 9.53 Å². The molecule has 1 aliphatic heterocycles. The van der Waals surface area contributed by atoms with Gasteiger partial charge in [-0.2, -0.15) is 0 Å². The van der Waals surface area contributed by atoms with E-state index in [1.54, 1.807) is 24.9 Å². The normalized spacial score (nSPS) is 12.6. The Labute approximate surface area is 209 Å². The number of ether oxygens (including phenoxy) is 1. The molecule has 0 aliphatic carbocycles. The lowest BCUT2D eigenvalue weighted by molar-refractivity contribution is 0.102. The van der Waals surface area contributed by atoms with Gasteiger partial charge in [0.1, 0.15) is 16.5 Å².